The van der Waals surface area contributed by atoms with E-state index in [1.807, 2.05) is 30.3 Å². The highest BCUT2D eigenvalue weighted by Crippen LogP contribution is 2.12. The third kappa shape index (κ3) is 7.34. The Kier molecular flexibility index (Phi) is 8.52. The van der Waals surface area contributed by atoms with Crippen LogP contribution in [0.15, 0.2) is 30.3 Å². The molecule has 0 bridgehead atoms. The van der Waals surface area contributed by atoms with E-state index in [1.165, 1.54) is 38.5 Å². The van der Waals surface area contributed by atoms with Crippen LogP contribution in [0.1, 0.15) is 64.0 Å². The Bertz CT molecular complexity index is 312. The van der Waals surface area contributed by atoms with Crippen LogP contribution >= 0.6 is 0 Å². The summed E-state index contributed by atoms with van der Waals surface area (Å²) in [5.41, 5.74) is 0.991. The Labute approximate surface area is 118 Å². The van der Waals surface area contributed by atoms with Crippen LogP contribution in [0.25, 0.3) is 0 Å². The van der Waals surface area contributed by atoms with Gasteiger partial charge in [-0.05, 0) is 18.9 Å². The molecule has 0 aliphatic heterocycles. The molecule has 2 heteroatoms. The number of hydrogen-bond donors (Lipinski definition) is 2. The summed E-state index contributed by atoms with van der Waals surface area (Å²) in [6.07, 6.45) is 7.44. The van der Waals surface area contributed by atoms with Gasteiger partial charge >= 0.3 is 0 Å². The third-order valence-corrected chi connectivity index (χ3v) is 3.58. The molecule has 0 aliphatic carbocycles. The van der Waals surface area contributed by atoms with Crippen molar-refractivity contribution in [3.63, 3.8) is 0 Å². The minimum absolute atomic E-state index is 0.399. The Balaban J connectivity index is 2.11. The topological polar surface area (TPSA) is 32.3 Å². The van der Waals surface area contributed by atoms with Crippen LogP contribution in [0.5, 0.6) is 0 Å². The van der Waals surface area contributed by atoms with Gasteiger partial charge in [0.05, 0.1) is 6.10 Å². The lowest BCUT2D eigenvalue weighted by Crippen LogP contribution is -2.30. The standard InChI is InChI=1S/C17H29NO/c1-3-4-5-6-8-11-15(2)18-14-17(19)16-12-9-7-10-13-16/h7,9-10,12-13,15,17-19H,3-6,8,11,14H2,1-2H3. The van der Waals surface area contributed by atoms with Crippen LogP contribution in [-0.4, -0.2) is 17.7 Å². The zero-order valence-corrected chi connectivity index (χ0v) is 12.4. The highest BCUT2D eigenvalue weighted by Gasteiger charge is 2.08. The Hall–Kier alpha value is -0.860. The second kappa shape index (κ2) is 9.99. The van der Waals surface area contributed by atoms with Gasteiger partial charge in [-0.3, -0.25) is 0 Å². The summed E-state index contributed by atoms with van der Waals surface area (Å²) in [6, 6.07) is 10.3. The van der Waals surface area contributed by atoms with Gasteiger partial charge in [-0.15, -0.1) is 0 Å². The van der Waals surface area contributed by atoms with Gasteiger partial charge in [0.2, 0.25) is 0 Å². The summed E-state index contributed by atoms with van der Waals surface area (Å²) in [7, 11) is 0. The van der Waals surface area contributed by atoms with Crippen LogP contribution in [-0.2, 0) is 0 Å². The number of nitrogens with one attached hydrogen (secondary N) is 1. The van der Waals surface area contributed by atoms with E-state index in [0.717, 1.165) is 5.56 Å². The van der Waals surface area contributed by atoms with Crippen molar-refractivity contribution in [2.24, 2.45) is 0 Å². The molecule has 1 aromatic carbocycles. The van der Waals surface area contributed by atoms with Gasteiger partial charge in [0.1, 0.15) is 0 Å². The number of aliphatic hydroxyl groups is 1. The fourth-order valence-electron chi connectivity index (χ4n) is 2.26. The molecule has 2 N–H and O–H groups in total. The molecule has 0 radical (unpaired) electrons. The van der Waals surface area contributed by atoms with Gasteiger partial charge in [-0.25, -0.2) is 0 Å². The van der Waals surface area contributed by atoms with Crippen molar-refractivity contribution in [3.8, 4) is 0 Å². The lowest BCUT2D eigenvalue weighted by Gasteiger charge is -2.17. The first-order valence-electron chi connectivity index (χ1n) is 7.70. The minimum atomic E-state index is -0.399. The van der Waals surface area contributed by atoms with E-state index in [2.05, 4.69) is 19.2 Å². The SMILES string of the molecule is CCCCCCCC(C)NCC(O)c1ccccc1. The van der Waals surface area contributed by atoms with Crippen LogP contribution < -0.4 is 5.32 Å². The minimum Gasteiger partial charge on any atom is -0.387 e. The largest absolute Gasteiger partial charge is 0.387 e. The first kappa shape index (κ1) is 16.2. The highest BCUT2D eigenvalue weighted by atomic mass is 16.3. The molecule has 0 aromatic heterocycles. The number of hydrogen-bond acceptors (Lipinski definition) is 2. The molecule has 0 saturated carbocycles. The number of benzene rings is 1. The fourth-order valence-corrected chi connectivity index (χ4v) is 2.26. The average Bonchev–Trinajstić information content (AvgIpc) is 2.45. The van der Waals surface area contributed by atoms with E-state index in [9.17, 15) is 5.11 Å². The lowest BCUT2D eigenvalue weighted by atomic mass is 10.1. The number of unbranched alkanes of at least 4 members (excludes halogenated alkanes) is 4. The molecular formula is C17H29NO. The van der Waals surface area contributed by atoms with Crippen molar-refractivity contribution in [1.82, 2.24) is 5.32 Å². The quantitative estimate of drug-likeness (QED) is 0.624. The van der Waals surface area contributed by atoms with E-state index in [0.29, 0.717) is 12.6 Å². The first-order valence-corrected chi connectivity index (χ1v) is 7.70. The normalized spacial score (nSPS) is 14.3. The van der Waals surface area contributed by atoms with Gasteiger partial charge < -0.3 is 10.4 Å². The molecule has 0 amide bonds. The zero-order chi connectivity index (χ0) is 13.9. The summed E-state index contributed by atoms with van der Waals surface area (Å²) in [5, 5.41) is 13.5. The van der Waals surface area contributed by atoms with E-state index < -0.39 is 6.10 Å². The maximum Gasteiger partial charge on any atom is 0.0914 e. The third-order valence-electron chi connectivity index (χ3n) is 3.58. The number of rotatable bonds is 10. The molecule has 108 valence electrons. The van der Waals surface area contributed by atoms with Gasteiger partial charge in [0.25, 0.3) is 0 Å². The smallest absolute Gasteiger partial charge is 0.0914 e. The molecule has 0 saturated heterocycles. The summed E-state index contributed by atoms with van der Waals surface area (Å²) >= 11 is 0. The highest BCUT2D eigenvalue weighted by molar-refractivity contribution is 5.17. The van der Waals surface area contributed by atoms with Gasteiger partial charge in [-0.1, -0.05) is 69.4 Å². The summed E-state index contributed by atoms with van der Waals surface area (Å²) in [6.45, 7) is 5.09. The van der Waals surface area contributed by atoms with Crippen LogP contribution in [0.3, 0.4) is 0 Å². The molecule has 1 aromatic rings. The maximum atomic E-state index is 10.0. The summed E-state index contributed by atoms with van der Waals surface area (Å²) in [4.78, 5) is 0. The fraction of sp³-hybridized carbons (Fsp3) is 0.647. The van der Waals surface area contributed by atoms with Gasteiger partial charge in [-0.2, -0.15) is 0 Å². The van der Waals surface area contributed by atoms with Gasteiger partial charge in [0, 0.05) is 12.6 Å². The van der Waals surface area contributed by atoms with E-state index in [1.54, 1.807) is 0 Å². The van der Waals surface area contributed by atoms with Crippen molar-refractivity contribution in [2.45, 2.75) is 64.5 Å². The molecule has 2 unspecified atom stereocenters. The predicted molar refractivity (Wildman–Crippen MR) is 82.2 cm³/mol. The second-order valence-corrected chi connectivity index (χ2v) is 5.44. The van der Waals surface area contributed by atoms with E-state index >= 15 is 0 Å². The maximum absolute atomic E-state index is 10.0. The molecular weight excluding hydrogens is 234 g/mol. The molecule has 0 fully saturated rings. The molecule has 0 aliphatic rings. The molecule has 0 spiro atoms. The summed E-state index contributed by atoms with van der Waals surface area (Å²) < 4.78 is 0. The average molecular weight is 263 g/mol. The lowest BCUT2D eigenvalue weighted by molar-refractivity contribution is 0.170. The van der Waals surface area contributed by atoms with Gasteiger partial charge in [0.15, 0.2) is 0 Å². The first-order chi connectivity index (χ1) is 9.24. The van der Waals surface area contributed by atoms with Crippen molar-refractivity contribution in [1.29, 1.82) is 0 Å². The van der Waals surface area contributed by atoms with E-state index in [4.69, 9.17) is 0 Å². The molecule has 2 atom stereocenters. The van der Waals surface area contributed by atoms with Crippen molar-refractivity contribution >= 4 is 0 Å². The van der Waals surface area contributed by atoms with E-state index in [-0.39, 0.29) is 0 Å². The van der Waals surface area contributed by atoms with Crippen molar-refractivity contribution in [3.05, 3.63) is 35.9 Å². The second-order valence-electron chi connectivity index (χ2n) is 5.44. The molecule has 19 heavy (non-hydrogen) atoms. The Morgan fingerprint density at radius 3 is 2.42 bits per heavy atom. The molecule has 1 rings (SSSR count). The molecule has 0 heterocycles. The Morgan fingerprint density at radius 1 is 1.05 bits per heavy atom. The number of aliphatic hydroxyl groups excluding tert-OH is 1. The summed E-state index contributed by atoms with van der Waals surface area (Å²) in [5.74, 6) is 0. The molecule has 2 nitrogen and oxygen atoms in total. The van der Waals surface area contributed by atoms with Crippen molar-refractivity contribution in [2.75, 3.05) is 6.54 Å². The van der Waals surface area contributed by atoms with Crippen LogP contribution in [0.4, 0.5) is 0 Å². The zero-order valence-electron chi connectivity index (χ0n) is 12.4. The monoisotopic (exact) mass is 263 g/mol. The predicted octanol–water partition coefficient (Wildman–Crippen LogP) is 4.06. The van der Waals surface area contributed by atoms with Crippen LogP contribution in [0, 0.1) is 0 Å². The van der Waals surface area contributed by atoms with Crippen LogP contribution in [0.2, 0.25) is 0 Å². The van der Waals surface area contributed by atoms with Crippen molar-refractivity contribution < 1.29 is 5.11 Å². The Morgan fingerprint density at radius 2 is 1.74 bits per heavy atom.